The molecule has 3 N–H and O–H groups in total. The van der Waals surface area contributed by atoms with Crippen molar-refractivity contribution in [3.8, 4) is 0 Å². The smallest absolute Gasteiger partial charge is 0.270 e. The van der Waals surface area contributed by atoms with Gasteiger partial charge >= 0.3 is 0 Å². The van der Waals surface area contributed by atoms with Crippen LogP contribution in [0.5, 0.6) is 0 Å². The van der Waals surface area contributed by atoms with E-state index in [2.05, 4.69) is 10.0 Å². The van der Waals surface area contributed by atoms with Gasteiger partial charge in [0.05, 0.1) is 9.82 Å². The van der Waals surface area contributed by atoms with Gasteiger partial charge in [-0.2, -0.15) is 4.72 Å². The van der Waals surface area contributed by atoms with Crippen molar-refractivity contribution < 1.29 is 23.2 Å². The summed E-state index contributed by atoms with van der Waals surface area (Å²) in [4.78, 5) is 23.3. The van der Waals surface area contributed by atoms with E-state index in [1.807, 2.05) is 0 Å². The Kier molecular flexibility index (Phi) is 6.73. The zero-order valence-electron chi connectivity index (χ0n) is 18.1. The van der Waals surface area contributed by atoms with E-state index in [1.54, 1.807) is 6.92 Å². The van der Waals surface area contributed by atoms with E-state index in [4.69, 9.17) is 0 Å². The minimum Gasteiger partial charge on any atom is -0.396 e. The number of aliphatic hydroxyl groups excluding tert-OH is 1. The molecule has 2 saturated carbocycles. The fraction of sp³-hybridized carbons (Fsp3) is 0.667. The van der Waals surface area contributed by atoms with Crippen LogP contribution in [-0.4, -0.2) is 42.5 Å². The molecule has 172 valence electrons. The SMILES string of the molecule is Cc1ccc([N+](=O)[O-])cc1S(=O)(=O)NC(C)(C)C(=O)NC1C(CO)C[C@H]2CCCC1C2. The maximum Gasteiger partial charge on any atom is 0.270 e. The maximum absolute atomic E-state index is 13.1. The molecule has 1 aromatic carbocycles. The lowest BCUT2D eigenvalue weighted by Gasteiger charge is -2.45. The Bertz CT molecular complexity index is 960. The zero-order chi connectivity index (χ0) is 23.0. The maximum atomic E-state index is 13.1. The minimum absolute atomic E-state index is 0.0169. The largest absolute Gasteiger partial charge is 0.396 e. The number of nitrogens with zero attached hydrogens (tertiary/aromatic N) is 1. The van der Waals surface area contributed by atoms with Crippen LogP contribution in [0.15, 0.2) is 23.1 Å². The number of carbonyl (C=O) groups excluding carboxylic acids is 1. The van der Waals surface area contributed by atoms with Crippen LogP contribution in [0.25, 0.3) is 0 Å². The van der Waals surface area contributed by atoms with Crippen molar-refractivity contribution in [1.29, 1.82) is 0 Å². The number of aliphatic hydroxyl groups is 1. The van der Waals surface area contributed by atoms with Crippen molar-refractivity contribution in [1.82, 2.24) is 10.0 Å². The summed E-state index contributed by atoms with van der Waals surface area (Å²) >= 11 is 0. The lowest BCUT2D eigenvalue weighted by molar-refractivity contribution is -0.385. The first-order valence-corrected chi connectivity index (χ1v) is 12.1. The van der Waals surface area contributed by atoms with Gasteiger partial charge in [-0.3, -0.25) is 14.9 Å². The van der Waals surface area contributed by atoms with Crippen LogP contribution in [0.1, 0.15) is 51.5 Å². The predicted octanol–water partition coefficient (Wildman–Crippen LogP) is 2.26. The van der Waals surface area contributed by atoms with Crippen molar-refractivity contribution in [2.45, 2.75) is 69.4 Å². The van der Waals surface area contributed by atoms with Crippen LogP contribution in [0.2, 0.25) is 0 Å². The molecular weight excluding hydrogens is 422 g/mol. The van der Waals surface area contributed by atoms with E-state index < -0.39 is 26.4 Å². The molecule has 2 aliphatic carbocycles. The number of hydrogen-bond donors (Lipinski definition) is 3. The molecule has 4 atom stereocenters. The standard InChI is InChI=1S/C21H31N3O6S/c1-13-7-8-17(24(27)28)11-18(13)31(29,30)23-21(2,3)20(26)22-19-15-6-4-5-14(9-15)10-16(19)12-25/h7-8,11,14-16,19,23,25H,4-6,9-10,12H2,1-3H3,(H,22,26)/t14-,15?,16?,19?/m0/s1. The average molecular weight is 454 g/mol. The van der Waals surface area contributed by atoms with E-state index in [-0.39, 0.29) is 35.1 Å². The summed E-state index contributed by atoms with van der Waals surface area (Å²) in [6.45, 7) is 4.45. The van der Waals surface area contributed by atoms with E-state index in [9.17, 15) is 28.4 Å². The third kappa shape index (κ3) is 5.07. The molecule has 0 saturated heterocycles. The van der Waals surface area contributed by atoms with Crippen LogP contribution in [0.4, 0.5) is 5.69 Å². The van der Waals surface area contributed by atoms with Crippen molar-refractivity contribution >= 4 is 21.6 Å². The molecule has 2 fully saturated rings. The van der Waals surface area contributed by atoms with Crippen LogP contribution in [-0.2, 0) is 14.8 Å². The van der Waals surface area contributed by atoms with E-state index in [0.717, 1.165) is 38.2 Å². The monoisotopic (exact) mass is 453 g/mol. The number of hydrogen-bond acceptors (Lipinski definition) is 6. The molecule has 9 nitrogen and oxygen atoms in total. The van der Waals surface area contributed by atoms with Gasteiger partial charge in [0.15, 0.2) is 0 Å². The molecule has 2 bridgehead atoms. The molecule has 3 unspecified atom stereocenters. The fourth-order valence-electron chi connectivity index (χ4n) is 5.02. The molecule has 1 aromatic rings. The molecule has 0 heterocycles. The number of nitrogens with one attached hydrogen (secondary N) is 2. The summed E-state index contributed by atoms with van der Waals surface area (Å²) in [5.41, 5.74) is -1.48. The quantitative estimate of drug-likeness (QED) is 0.427. The molecule has 1 amide bonds. The van der Waals surface area contributed by atoms with Gasteiger partial charge in [-0.1, -0.05) is 18.9 Å². The average Bonchev–Trinajstić information content (AvgIpc) is 2.69. The lowest BCUT2D eigenvalue weighted by atomic mass is 9.65. The number of rotatable bonds is 7. The van der Waals surface area contributed by atoms with Gasteiger partial charge in [-0.15, -0.1) is 0 Å². The number of benzene rings is 1. The first kappa shape index (κ1) is 23.6. The van der Waals surface area contributed by atoms with Gasteiger partial charge in [0, 0.05) is 30.7 Å². The number of non-ortho nitro benzene ring substituents is 1. The second kappa shape index (κ2) is 8.84. The predicted molar refractivity (Wildman–Crippen MR) is 115 cm³/mol. The zero-order valence-corrected chi connectivity index (χ0v) is 18.9. The van der Waals surface area contributed by atoms with Crippen molar-refractivity contribution in [2.75, 3.05) is 6.61 Å². The molecule has 3 rings (SSSR count). The third-order valence-electron chi connectivity index (χ3n) is 6.64. The van der Waals surface area contributed by atoms with Gasteiger partial charge in [0.2, 0.25) is 15.9 Å². The Hall–Kier alpha value is -2.04. The Labute approximate surface area is 182 Å². The summed E-state index contributed by atoms with van der Waals surface area (Å²) in [7, 11) is -4.19. The van der Waals surface area contributed by atoms with E-state index in [0.29, 0.717) is 11.5 Å². The van der Waals surface area contributed by atoms with E-state index in [1.165, 1.54) is 26.0 Å². The van der Waals surface area contributed by atoms with Gasteiger partial charge in [-0.25, -0.2) is 8.42 Å². The number of fused-ring (bicyclic) bond motifs is 2. The molecular formula is C21H31N3O6S. The molecule has 0 aliphatic heterocycles. The molecule has 0 radical (unpaired) electrons. The summed E-state index contributed by atoms with van der Waals surface area (Å²) in [6.07, 6.45) is 5.11. The summed E-state index contributed by atoms with van der Waals surface area (Å²) in [5, 5.41) is 23.9. The molecule has 0 spiro atoms. The Balaban J connectivity index is 1.78. The minimum atomic E-state index is -4.19. The van der Waals surface area contributed by atoms with Crippen molar-refractivity contribution in [3.63, 3.8) is 0 Å². The number of aryl methyl sites for hydroxylation is 1. The molecule has 0 aromatic heterocycles. The Morgan fingerprint density at radius 2 is 2.00 bits per heavy atom. The van der Waals surface area contributed by atoms with Gasteiger partial charge in [0.25, 0.3) is 5.69 Å². The Morgan fingerprint density at radius 1 is 1.29 bits per heavy atom. The summed E-state index contributed by atoms with van der Waals surface area (Å²) in [5.74, 6) is 0.332. The second-order valence-corrected chi connectivity index (χ2v) is 11.1. The van der Waals surface area contributed by atoms with Crippen molar-refractivity contribution in [3.05, 3.63) is 33.9 Å². The number of amides is 1. The van der Waals surface area contributed by atoms with Gasteiger partial charge in [-0.05, 0) is 57.4 Å². The third-order valence-corrected chi connectivity index (χ3v) is 8.43. The van der Waals surface area contributed by atoms with Crippen LogP contribution >= 0.6 is 0 Å². The highest BCUT2D eigenvalue weighted by molar-refractivity contribution is 7.89. The number of nitro groups is 1. The van der Waals surface area contributed by atoms with Gasteiger partial charge in [0.1, 0.15) is 5.54 Å². The highest BCUT2D eigenvalue weighted by Gasteiger charge is 2.43. The first-order valence-electron chi connectivity index (χ1n) is 10.7. The molecule has 10 heteroatoms. The van der Waals surface area contributed by atoms with E-state index >= 15 is 0 Å². The Morgan fingerprint density at radius 3 is 2.65 bits per heavy atom. The topological polar surface area (TPSA) is 139 Å². The van der Waals surface area contributed by atoms with Crippen molar-refractivity contribution in [2.24, 2.45) is 17.8 Å². The highest BCUT2D eigenvalue weighted by atomic mass is 32.2. The summed E-state index contributed by atoms with van der Waals surface area (Å²) < 4.78 is 28.4. The molecule has 31 heavy (non-hydrogen) atoms. The number of carbonyl (C=O) groups is 1. The fourth-order valence-corrected chi connectivity index (χ4v) is 6.66. The summed E-state index contributed by atoms with van der Waals surface area (Å²) in [6, 6.07) is 3.41. The van der Waals surface area contributed by atoms with Gasteiger partial charge < -0.3 is 10.4 Å². The molecule has 2 aliphatic rings. The second-order valence-electron chi connectivity index (χ2n) is 9.41. The first-order chi connectivity index (χ1) is 14.4. The normalized spacial score (nSPS) is 26.3. The van der Waals surface area contributed by atoms with Crippen LogP contribution < -0.4 is 10.0 Å². The van der Waals surface area contributed by atoms with Crippen LogP contribution in [0, 0.1) is 34.8 Å². The number of nitro benzene ring substituents is 1. The highest BCUT2D eigenvalue weighted by Crippen LogP contribution is 2.42. The lowest BCUT2D eigenvalue weighted by Crippen LogP contribution is -2.60. The number of sulfonamides is 1. The van der Waals surface area contributed by atoms with Crippen LogP contribution in [0.3, 0.4) is 0 Å².